The van der Waals surface area contributed by atoms with Crippen molar-refractivity contribution in [3.05, 3.63) is 59.8 Å². The maximum atomic E-state index is 12.7. The van der Waals surface area contributed by atoms with Gasteiger partial charge in [-0.3, -0.25) is 9.78 Å². The number of aryl methyl sites for hydroxylation is 1. The molecule has 1 aromatic heterocycles. The highest BCUT2D eigenvalue weighted by Crippen LogP contribution is 2.21. The van der Waals surface area contributed by atoms with Gasteiger partial charge in [-0.15, -0.1) is 0 Å². The second-order valence-corrected chi connectivity index (χ2v) is 6.68. The van der Waals surface area contributed by atoms with Crippen LogP contribution in [0.2, 0.25) is 0 Å². The molecule has 2 aromatic carbocycles. The van der Waals surface area contributed by atoms with Crippen LogP contribution in [-0.2, 0) is 0 Å². The van der Waals surface area contributed by atoms with Gasteiger partial charge in [0.1, 0.15) is 0 Å². The Bertz CT molecular complexity index is 912. The number of amides is 1. The molecule has 0 saturated carbocycles. The van der Waals surface area contributed by atoms with Gasteiger partial charge in [-0.1, -0.05) is 29.8 Å². The highest BCUT2D eigenvalue weighted by Gasteiger charge is 2.18. The van der Waals surface area contributed by atoms with Gasteiger partial charge in [0.05, 0.1) is 22.9 Å². The van der Waals surface area contributed by atoms with Gasteiger partial charge < -0.3 is 4.90 Å². The monoisotopic (exact) mass is 331 g/mol. The predicted molar refractivity (Wildman–Crippen MR) is 99.5 cm³/mol. The molecule has 1 saturated heterocycles. The van der Waals surface area contributed by atoms with E-state index in [-0.39, 0.29) is 5.91 Å². The first kappa shape index (κ1) is 15.8. The third-order valence-corrected chi connectivity index (χ3v) is 4.78. The molecule has 126 valence electrons. The van der Waals surface area contributed by atoms with E-state index >= 15 is 0 Å². The van der Waals surface area contributed by atoms with E-state index in [2.05, 4.69) is 24.0 Å². The first-order valence-electron chi connectivity index (χ1n) is 8.84. The predicted octanol–water partition coefficient (Wildman–Crippen LogP) is 4.23. The Hall–Kier alpha value is -2.75. The summed E-state index contributed by atoms with van der Waals surface area (Å²) in [5, 5.41) is 0. The Morgan fingerprint density at radius 1 is 0.960 bits per heavy atom. The highest BCUT2D eigenvalue weighted by molar-refractivity contribution is 5.97. The normalized spacial score (nSPS) is 14.7. The van der Waals surface area contributed by atoms with Gasteiger partial charge in [0.2, 0.25) is 0 Å². The van der Waals surface area contributed by atoms with Crippen molar-refractivity contribution < 1.29 is 4.79 Å². The number of nitrogens with zero attached hydrogens (tertiary/aromatic N) is 3. The summed E-state index contributed by atoms with van der Waals surface area (Å²) in [5.74, 6) is 0.101. The fourth-order valence-electron chi connectivity index (χ4n) is 3.29. The van der Waals surface area contributed by atoms with Crippen molar-refractivity contribution in [1.82, 2.24) is 14.9 Å². The first-order chi connectivity index (χ1) is 12.2. The summed E-state index contributed by atoms with van der Waals surface area (Å²) < 4.78 is 0. The minimum absolute atomic E-state index is 0.101. The van der Waals surface area contributed by atoms with Gasteiger partial charge in [-0.05, 0) is 44.4 Å². The van der Waals surface area contributed by atoms with Crippen molar-refractivity contribution in [2.24, 2.45) is 0 Å². The van der Waals surface area contributed by atoms with Crippen LogP contribution in [0.3, 0.4) is 0 Å². The number of rotatable bonds is 2. The molecule has 0 unspecified atom stereocenters. The molecule has 0 radical (unpaired) electrons. The first-order valence-corrected chi connectivity index (χ1v) is 8.84. The van der Waals surface area contributed by atoms with Crippen LogP contribution in [-0.4, -0.2) is 33.9 Å². The van der Waals surface area contributed by atoms with Crippen LogP contribution in [0.25, 0.3) is 22.3 Å². The maximum Gasteiger partial charge on any atom is 0.253 e. The summed E-state index contributed by atoms with van der Waals surface area (Å²) in [6.07, 6.45) is 5.19. The summed E-state index contributed by atoms with van der Waals surface area (Å²) in [6, 6.07) is 13.9. The molecule has 2 heterocycles. The molecule has 1 amide bonds. The van der Waals surface area contributed by atoms with Crippen LogP contribution < -0.4 is 0 Å². The molecule has 0 spiro atoms. The molecule has 1 aliphatic heterocycles. The summed E-state index contributed by atoms with van der Waals surface area (Å²) in [4.78, 5) is 23.9. The lowest BCUT2D eigenvalue weighted by Gasteiger charge is -2.26. The molecule has 4 nitrogen and oxygen atoms in total. The Labute approximate surface area is 147 Å². The third kappa shape index (κ3) is 3.25. The van der Waals surface area contributed by atoms with Gasteiger partial charge in [-0.2, -0.15) is 0 Å². The lowest BCUT2D eigenvalue weighted by atomic mass is 10.1. The number of likely N-dealkylation sites (tertiary alicyclic amines) is 1. The number of piperidine rings is 1. The highest BCUT2D eigenvalue weighted by atomic mass is 16.2. The molecule has 4 rings (SSSR count). The van der Waals surface area contributed by atoms with Crippen LogP contribution in [0.4, 0.5) is 0 Å². The zero-order valence-corrected chi connectivity index (χ0v) is 14.4. The Morgan fingerprint density at radius 2 is 1.72 bits per heavy atom. The summed E-state index contributed by atoms with van der Waals surface area (Å²) in [7, 11) is 0. The number of fused-ring (bicyclic) bond motifs is 1. The van der Waals surface area contributed by atoms with E-state index in [9.17, 15) is 4.79 Å². The van der Waals surface area contributed by atoms with Crippen molar-refractivity contribution in [2.75, 3.05) is 13.1 Å². The molecular weight excluding hydrogens is 310 g/mol. The number of carbonyl (C=O) groups is 1. The van der Waals surface area contributed by atoms with E-state index in [1.165, 1.54) is 12.0 Å². The van der Waals surface area contributed by atoms with Crippen molar-refractivity contribution in [2.45, 2.75) is 26.2 Å². The number of carbonyl (C=O) groups excluding carboxylic acids is 1. The van der Waals surface area contributed by atoms with Gasteiger partial charge in [-0.25, -0.2) is 4.98 Å². The molecule has 0 atom stereocenters. The second kappa shape index (κ2) is 6.63. The van der Waals surface area contributed by atoms with Gasteiger partial charge in [0.25, 0.3) is 5.91 Å². The van der Waals surface area contributed by atoms with Crippen LogP contribution in [0.1, 0.15) is 35.2 Å². The van der Waals surface area contributed by atoms with E-state index in [4.69, 9.17) is 4.98 Å². The van der Waals surface area contributed by atoms with Gasteiger partial charge in [0, 0.05) is 24.2 Å². The minimum atomic E-state index is 0.101. The Balaban J connectivity index is 1.69. The van der Waals surface area contributed by atoms with E-state index in [1.54, 1.807) is 6.20 Å². The molecule has 1 aliphatic rings. The smallest absolute Gasteiger partial charge is 0.253 e. The quantitative estimate of drug-likeness (QED) is 0.706. The number of benzene rings is 2. The van der Waals surface area contributed by atoms with E-state index in [1.807, 2.05) is 35.2 Å². The van der Waals surface area contributed by atoms with Gasteiger partial charge >= 0.3 is 0 Å². The topological polar surface area (TPSA) is 46.1 Å². The van der Waals surface area contributed by atoms with Crippen molar-refractivity contribution in [1.29, 1.82) is 0 Å². The molecule has 0 N–H and O–H groups in total. The minimum Gasteiger partial charge on any atom is -0.339 e. The average Bonchev–Trinajstić information content (AvgIpc) is 2.68. The number of hydrogen-bond acceptors (Lipinski definition) is 3. The summed E-state index contributed by atoms with van der Waals surface area (Å²) in [6.45, 7) is 3.77. The molecule has 1 fully saturated rings. The summed E-state index contributed by atoms with van der Waals surface area (Å²) >= 11 is 0. The van der Waals surface area contributed by atoms with E-state index in [0.29, 0.717) is 5.56 Å². The molecule has 4 heteroatoms. The zero-order valence-electron chi connectivity index (χ0n) is 14.4. The average molecular weight is 331 g/mol. The van der Waals surface area contributed by atoms with Crippen LogP contribution in [0.15, 0.2) is 48.7 Å². The fourth-order valence-corrected chi connectivity index (χ4v) is 3.29. The molecular formula is C21H21N3O. The largest absolute Gasteiger partial charge is 0.339 e. The SMILES string of the molecule is Cc1ccc(-c2cnc3ccc(C(=O)N4CCCCC4)cc3n2)cc1. The van der Waals surface area contributed by atoms with Gasteiger partial charge in [0.15, 0.2) is 0 Å². The maximum absolute atomic E-state index is 12.7. The van der Waals surface area contributed by atoms with Crippen LogP contribution in [0, 0.1) is 6.92 Å². The lowest BCUT2D eigenvalue weighted by molar-refractivity contribution is 0.0724. The van der Waals surface area contributed by atoms with Crippen LogP contribution in [0.5, 0.6) is 0 Å². The van der Waals surface area contributed by atoms with E-state index in [0.717, 1.165) is 48.2 Å². The number of hydrogen-bond donors (Lipinski definition) is 0. The lowest BCUT2D eigenvalue weighted by Crippen LogP contribution is -2.35. The molecule has 3 aromatic rings. The number of aromatic nitrogens is 2. The summed E-state index contributed by atoms with van der Waals surface area (Å²) in [5.41, 5.74) is 5.35. The third-order valence-electron chi connectivity index (χ3n) is 4.78. The van der Waals surface area contributed by atoms with Crippen LogP contribution >= 0.6 is 0 Å². The van der Waals surface area contributed by atoms with E-state index < -0.39 is 0 Å². The Kier molecular flexibility index (Phi) is 4.18. The molecule has 0 bridgehead atoms. The Morgan fingerprint density at radius 3 is 2.48 bits per heavy atom. The van der Waals surface area contributed by atoms with Crippen molar-refractivity contribution >= 4 is 16.9 Å². The standard InChI is InChI=1S/C21H21N3O/c1-15-5-7-16(8-6-15)20-14-22-18-10-9-17(13-19(18)23-20)21(25)24-11-3-2-4-12-24/h5-10,13-14H,2-4,11-12H2,1H3. The molecule has 0 aliphatic carbocycles. The zero-order chi connectivity index (χ0) is 17.2. The fraction of sp³-hybridized carbons (Fsp3) is 0.286. The van der Waals surface area contributed by atoms with Crippen molar-refractivity contribution in [3.63, 3.8) is 0 Å². The molecule has 25 heavy (non-hydrogen) atoms. The second-order valence-electron chi connectivity index (χ2n) is 6.68. The van der Waals surface area contributed by atoms with Crippen molar-refractivity contribution in [3.8, 4) is 11.3 Å².